The number of hydrogen-bond donors (Lipinski definition) is 0. The molecule has 0 aromatic carbocycles. The Hall–Kier alpha value is -2.89. The van der Waals surface area contributed by atoms with Gasteiger partial charge in [-0.15, -0.1) is 0 Å². The number of esters is 3. The molecular formula is C47H80O6. The second kappa shape index (κ2) is 41.9. The van der Waals surface area contributed by atoms with E-state index >= 15 is 0 Å². The molecule has 0 aliphatic heterocycles. The second-order valence-corrected chi connectivity index (χ2v) is 14.3. The summed E-state index contributed by atoms with van der Waals surface area (Å²) >= 11 is 0. The minimum Gasteiger partial charge on any atom is -0.462 e. The molecule has 0 rings (SSSR count). The van der Waals surface area contributed by atoms with Gasteiger partial charge in [-0.05, 0) is 83.5 Å². The Morgan fingerprint density at radius 3 is 1.25 bits per heavy atom. The summed E-state index contributed by atoms with van der Waals surface area (Å²) < 4.78 is 16.6. The average Bonchev–Trinajstić information content (AvgIpc) is 3.15. The van der Waals surface area contributed by atoms with E-state index in [2.05, 4.69) is 81.5 Å². The zero-order valence-corrected chi connectivity index (χ0v) is 34.5. The van der Waals surface area contributed by atoms with E-state index in [-0.39, 0.29) is 31.1 Å². The van der Waals surface area contributed by atoms with Crippen molar-refractivity contribution in [3.63, 3.8) is 0 Å². The van der Waals surface area contributed by atoms with Crippen LogP contribution < -0.4 is 0 Å². The maximum atomic E-state index is 12.7. The van der Waals surface area contributed by atoms with E-state index in [0.29, 0.717) is 19.3 Å². The van der Waals surface area contributed by atoms with Crippen LogP contribution in [0.25, 0.3) is 0 Å². The van der Waals surface area contributed by atoms with Crippen LogP contribution in [0.15, 0.2) is 60.8 Å². The lowest BCUT2D eigenvalue weighted by Crippen LogP contribution is -2.30. The van der Waals surface area contributed by atoms with Gasteiger partial charge in [0.15, 0.2) is 6.10 Å². The Balaban J connectivity index is 4.44. The molecule has 0 aromatic rings. The number of hydrogen-bond acceptors (Lipinski definition) is 6. The van der Waals surface area contributed by atoms with Crippen molar-refractivity contribution in [2.24, 2.45) is 0 Å². The smallest absolute Gasteiger partial charge is 0.306 e. The molecular weight excluding hydrogens is 661 g/mol. The first kappa shape index (κ1) is 50.1. The molecule has 0 spiro atoms. The standard InChI is InChI=1S/C47H80O6/c1-4-7-10-13-16-19-22-24-26-28-31-34-37-40-46(49)52-43-44(42-51-45(48)39-36-33-30-27-21-18-15-12-9-6-3)53-47(50)41-38-35-32-29-25-23-20-17-14-11-8-5-2/h7,10,13,15-20,22,44H,4-6,8-9,11-12,14,21,23-43H2,1-3H3/b10-7-,16-13-,18-15-,20-17-,22-19-. The molecule has 1 atom stereocenters. The lowest BCUT2D eigenvalue weighted by Gasteiger charge is -2.18. The van der Waals surface area contributed by atoms with Crippen molar-refractivity contribution in [2.75, 3.05) is 13.2 Å². The summed E-state index contributed by atoms with van der Waals surface area (Å²) in [6, 6.07) is 0. The van der Waals surface area contributed by atoms with Crippen LogP contribution in [0.1, 0.15) is 201 Å². The Kier molecular flexibility index (Phi) is 39.6. The molecule has 0 fully saturated rings. The minimum absolute atomic E-state index is 0.0912. The fourth-order valence-electron chi connectivity index (χ4n) is 5.71. The van der Waals surface area contributed by atoms with E-state index in [1.807, 2.05) is 0 Å². The zero-order chi connectivity index (χ0) is 38.7. The molecule has 0 aliphatic rings. The van der Waals surface area contributed by atoms with E-state index < -0.39 is 6.10 Å². The van der Waals surface area contributed by atoms with Gasteiger partial charge in [0.25, 0.3) is 0 Å². The third-order valence-corrected chi connectivity index (χ3v) is 9.04. The van der Waals surface area contributed by atoms with Crippen LogP contribution in [0.5, 0.6) is 0 Å². The van der Waals surface area contributed by atoms with Gasteiger partial charge in [0.05, 0.1) is 0 Å². The zero-order valence-electron chi connectivity index (χ0n) is 34.5. The molecule has 0 bridgehead atoms. The summed E-state index contributed by atoms with van der Waals surface area (Å²) in [5.41, 5.74) is 0. The Morgan fingerprint density at radius 2 is 0.774 bits per heavy atom. The van der Waals surface area contributed by atoms with Crippen LogP contribution in [0.2, 0.25) is 0 Å². The van der Waals surface area contributed by atoms with Crippen molar-refractivity contribution in [1.29, 1.82) is 0 Å². The summed E-state index contributed by atoms with van der Waals surface area (Å²) in [5.74, 6) is -0.941. The Labute approximate surface area is 326 Å². The van der Waals surface area contributed by atoms with Crippen molar-refractivity contribution < 1.29 is 28.6 Å². The van der Waals surface area contributed by atoms with Crippen LogP contribution in [0.4, 0.5) is 0 Å². The number of rotatable bonds is 38. The average molecular weight is 741 g/mol. The fourth-order valence-corrected chi connectivity index (χ4v) is 5.71. The molecule has 6 heteroatoms. The fraction of sp³-hybridized carbons (Fsp3) is 0.723. The van der Waals surface area contributed by atoms with E-state index in [9.17, 15) is 14.4 Å². The van der Waals surface area contributed by atoms with Gasteiger partial charge in [0, 0.05) is 19.3 Å². The van der Waals surface area contributed by atoms with Crippen molar-refractivity contribution in [3.8, 4) is 0 Å². The first-order valence-corrected chi connectivity index (χ1v) is 21.8. The van der Waals surface area contributed by atoms with E-state index in [1.165, 1.54) is 44.9 Å². The minimum atomic E-state index is -0.787. The van der Waals surface area contributed by atoms with Gasteiger partial charge in [-0.1, -0.05) is 159 Å². The van der Waals surface area contributed by atoms with Crippen LogP contribution in [0.3, 0.4) is 0 Å². The van der Waals surface area contributed by atoms with Crippen molar-refractivity contribution in [3.05, 3.63) is 60.8 Å². The molecule has 0 N–H and O–H groups in total. The van der Waals surface area contributed by atoms with Gasteiger partial charge < -0.3 is 14.2 Å². The Morgan fingerprint density at radius 1 is 0.396 bits per heavy atom. The number of allylic oxidation sites excluding steroid dienone is 10. The maximum Gasteiger partial charge on any atom is 0.306 e. The predicted octanol–water partition coefficient (Wildman–Crippen LogP) is 13.7. The van der Waals surface area contributed by atoms with Gasteiger partial charge in [0.2, 0.25) is 0 Å². The maximum absolute atomic E-state index is 12.7. The Bertz CT molecular complexity index is 991. The van der Waals surface area contributed by atoms with Crippen LogP contribution in [0, 0.1) is 0 Å². The summed E-state index contributed by atoms with van der Waals surface area (Å²) in [7, 11) is 0. The van der Waals surface area contributed by atoms with Gasteiger partial charge in [0.1, 0.15) is 13.2 Å². The molecule has 0 heterocycles. The quantitative estimate of drug-likeness (QED) is 0.0206. The number of ether oxygens (including phenoxy) is 3. The monoisotopic (exact) mass is 741 g/mol. The lowest BCUT2D eigenvalue weighted by atomic mass is 10.1. The third kappa shape index (κ3) is 40.1. The van der Waals surface area contributed by atoms with Crippen LogP contribution in [-0.2, 0) is 28.6 Å². The highest BCUT2D eigenvalue weighted by molar-refractivity contribution is 5.71. The second-order valence-electron chi connectivity index (χ2n) is 14.3. The van der Waals surface area contributed by atoms with Gasteiger partial charge >= 0.3 is 17.9 Å². The summed E-state index contributed by atoms with van der Waals surface area (Å²) in [5, 5.41) is 0. The number of carbonyl (C=O) groups is 3. The van der Waals surface area contributed by atoms with Crippen LogP contribution >= 0.6 is 0 Å². The van der Waals surface area contributed by atoms with E-state index in [0.717, 1.165) is 116 Å². The highest BCUT2D eigenvalue weighted by Gasteiger charge is 2.19. The first-order chi connectivity index (χ1) is 26.0. The summed E-state index contributed by atoms with van der Waals surface area (Å²) in [6.07, 6.45) is 49.1. The van der Waals surface area contributed by atoms with Gasteiger partial charge in [-0.25, -0.2) is 0 Å². The molecule has 0 aromatic heterocycles. The van der Waals surface area contributed by atoms with Crippen LogP contribution in [-0.4, -0.2) is 37.2 Å². The van der Waals surface area contributed by atoms with Gasteiger partial charge in [-0.2, -0.15) is 0 Å². The molecule has 304 valence electrons. The predicted molar refractivity (Wildman–Crippen MR) is 224 cm³/mol. The molecule has 0 saturated carbocycles. The van der Waals surface area contributed by atoms with Crippen molar-refractivity contribution >= 4 is 17.9 Å². The van der Waals surface area contributed by atoms with Crippen molar-refractivity contribution in [2.45, 2.75) is 207 Å². The largest absolute Gasteiger partial charge is 0.462 e. The molecule has 0 aliphatic carbocycles. The SMILES string of the molecule is CC\C=C/C=C\C=C/CCCCCCCC(=O)OCC(COC(=O)CCCCCC/C=C\CCCC)OC(=O)CCCCCCC/C=C\CCCCC. The molecule has 53 heavy (non-hydrogen) atoms. The third-order valence-electron chi connectivity index (χ3n) is 9.04. The molecule has 6 nitrogen and oxygen atoms in total. The number of unbranched alkanes of at least 4 members (excludes halogenated alkanes) is 19. The lowest BCUT2D eigenvalue weighted by molar-refractivity contribution is -0.167. The molecule has 0 saturated heterocycles. The highest BCUT2D eigenvalue weighted by Crippen LogP contribution is 2.13. The van der Waals surface area contributed by atoms with E-state index in [4.69, 9.17) is 14.2 Å². The molecule has 1 unspecified atom stereocenters. The normalized spacial score (nSPS) is 12.6. The first-order valence-electron chi connectivity index (χ1n) is 21.8. The summed E-state index contributed by atoms with van der Waals surface area (Å²) in [6.45, 7) is 6.38. The highest BCUT2D eigenvalue weighted by atomic mass is 16.6. The van der Waals surface area contributed by atoms with Gasteiger partial charge in [-0.3, -0.25) is 14.4 Å². The van der Waals surface area contributed by atoms with E-state index in [1.54, 1.807) is 0 Å². The molecule has 0 radical (unpaired) electrons. The summed E-state index contributed by atoms with van der Waals surface area (Å²) in [4.78, 5) is 37.6. The topological polar surface area (TPSA) is 78.9 Å². The van der Waals surface area contributed by atoms with Crippen molar-refractivity contribution in [1.82, 2.24) is 0 Å². The number of carbonyl (C=O) groups excluding carboxylic acids is 3. The molecule has 0 amide bonds.